The number of hydrogen-bond donors (Lipinski definition) is 1. The molecule has 17 heavy (non-hydrogen) atoms. The molecule has 1 aromatic heterocycles. The molecule has 0 atom stereocenters. The summed E-state index contributed by atoms with van der Waals surface area (Å²) in [6.45, 7) is 2.66. The zero-order valence-electron chi connectivity index (χ0n) is 9.57. The Kier molecular flexibility index (Phi) is 4.19. The molecule has 0 radical (unpaired) electrons. The van der Waals surface area contributed by atoms with Crippen LogP contribution in [0, 0.1) is 0 Å². The Balaban J connectivity index is 3.14. The number of carboxylic acids is 1. The molecule has 1 aromatic rings. The molecule has 1 N–H and O–H groups in total. The summed E-state index contributed by atoms with van der Waals surface area (Å²) in [5.41, 5.74) is 0. The van der Waals surface area contributed by atoms with E-state index < -0.39 is 28.6 Å². The van der Waals surface area contributed by atoms with Crippen LogP contribution in [0.1, 0.15) is 13.8 Å². The third-order valence-corrected chi connectivity index (χ3v) is 4.02. The highest BCUT2D eigenvalue weighted by atomic mass is 32.2. The van der Waals surface area contributed by atoms with E-state index in [4.69, 9.17) is 5.11 Å². The van der Waals surface area contributed by atoms with E-state index in [2.05, 4.69) is 4.98 Å². The molecule has 0 aliphatic carbocycles. The normalized spacial score (nSPS) is 12.0. The van der Waals surface area contributed by atoms with Crippen molar-refractivity contribution in [2.45, 2.75) is 24.9 Å². The summed E-state index contributed by atoms with van der Waals surface area (Å²) in [7, 11) is -3.85. The van der Waals surface area contributed by atoms with Crippen LogP contribution in [0.2, 0.25) is 0 Å². The number of carboxylic acid groups (broad SMARTS) is 1. The van der Waals surface area contributed by atoms with Crippen LogP contribution in [0.25, 0.3) is 0 Å². The Bertz CT molecular complexity index is 484. The van der Waals surface area contributed by atoms with Crippen LogP contribution in [0.4, 0.5) is 0 Å². The van der Waals surface area contributed by atoms with E-state index >= 15 is 0 Å². The van der Waals surface area contributed by atoms with Crippen molar-refractivity contribution in [1.29, 1.82) is 0 Å². The first-order valence-corrected chi connectivity index (χ1v) is 6.44. The lowest BCUT2D eigenvalue weighted by atomic mass is 10.4. The van der Waals surface area contributed by atoms with E-state index in [1.54, 1.807) is 26.0 Å². The fourth-order valence-electron chi connectivity index (χ4n) is 1.30. The van der Waals surface area contributed by atoms with Crippen LogP contribution < -0.4 is 0 Å². The lowest BCUT2D eigenvalue weighted by molar-refractivity contribution is -0.137. The van der Waals surface area contributed by atoms with E-state index in [9.17, 15) is 13.2 Å². The van der Waals surface area contributed by atoms with Crippen molar-refractivity contribution in [3.8, 4) is 0 Å². The average Bonchev–Trinajstić information content (AvgIpc) is 2.26. The minimum atomic E-state index is -3.85. The summed E-state index contributed by atoms with van der Waals surface area (Å²) < 4.78 is 25.1. The minimum Gasteiger partial charge on any atom is -0.480 e. The van der Waals surface area contributed by atoms with Gasteiger partial charge in [-0.3, -0.25) is 4.79 Å². The van der Waals surface area contributed by atoms with Gasteiger partial charge in [-0.2, -0.15) is 4.31 Å². The van der Waals surface area contributed by atoms with Crippen LogP contribution in [-0.4, -0.2) is 41.4 Å². The van der Waals surface area contributed by atoms with Gasteiger partial charge in [0.05, 0.1) is 0 Å². The SMILES string of the molecule is CC(C)N(CC(=O)O)S(=O)(=O)c1ccccn1. The summed E-state index contributed by atoms with van der Waals surface area (Å²) >= 11 is 0. The van der Waals surface area contributed by atoms with Crippen molar-refractivity contribution in [2.24, 2.45) is 0 Å². The molecule has 94 valence electrons. The Morgan fingerprint density at radius 1 is 1.47 bits per heavy atom. The van der Waals surface area contributed by atoms with Crippen LogP contribution in [-0.2, 0) is 14.8 Å². The van der Waals surface area contributed by atoms with Crippen molar-refractivity contribution < 1.29 is 18.3 Å². The van der Waals surface area contributed by atoms with Crippen LogP contribution in [0.15, 0.2) is 29.4 Å². The highest BCUT2D eigenvalue weighted by molar-refractivity contribution is 7.89. The molecule has 0 aliphatic rings. The van der Waals surface area contributed by atoms with Gasteiger partial charge in [-0.05, 0) is 26.0 Å². The smallest absolute Gasteiger partial charge is 0.318 e. The first-order chi connectivity index (χ1) is 7.85. The lowest BCUT2D eigenvalue weighted by Gasteiger charge is -2.23. The standard InChI is InChI=1S/C10H14N2O4S/c1-8(2)12(7-10(13)14)17(15,16)9-5-3-4-6-11-9/h3-6,8H,7H2,1-2H3,(H,13,14). The molecule has 6 nitrogen and oxygen atoms in total. The van der Waals surface area contributed by atoms with Crippen molar-refractivity contribution >= 4 is 16.0 Å². The largest absolute Gasteiger partial charge is 0.480 e. The molecule has 7 heteroatoms. The fraction of sp³-hybridized carbons (Fsp3) is 0.400. The van der Waals surface area contributed by atoms with Gasteiger partial charge in [-0.1, -0.05) is 6.07 Å². The quantitative estimate of drug-likeness (QED) is 0.834. The molecule has 0 saturated heterocycles. The third kappa shape index (κ3) is 3.24. The van der Waals surface area contributed by atoms with Gasteiger partial charge in [0.25, 0.3) is 10.0 Å². The Labute approximate surface area is 100.0 Å². The summed E-state index contributed by atoms with van der Waals surface area (Å²) in [4.78, 5) is 14.4. The molecule has 0 aliphatic heterocycles. The maximum Gasteiger partial charge on any atom is 0.318 e. The van der Waals surface area contributed by atoms with Crippen LogP contribution in [0.5, 0.6) is 0 Å². The Morgan fingerprint density at radius 2 is 2.12 bits per heavy atom. The predicted molar refractivity (Wildman–Crippen MR) is 60.9 cm³/mol. The van der Waals surface area contributed by atoms with Gasteiger partial charge in [0, 0.05) is 12.2 Å². The van der Waals surface area contributed by atoms with Gasteiger partial charge in [-0.25, -0.2) is 13.4 Å². The summed E-state index contributed by atoms with van der Waals surface area (Å²) in [6, 6.07) is 4.03. The van der Waals surface area contributed by atoms with Gasteiger partial charge in [0.1, 0.15) is 6.54 Å². The Morgan fingerprint density at radius 3 is 2.53 bits per heavy atom. The molecule has 0 aromatic carbocycles. The van der Waals surface area contributed by atoms with Crippen molar-refractivity contribution in [3.63, 3.8) is 0 Å². The van der Waals surface area contributed by atoms with Crippen molar-refractivity contribution in [1.82, 2.24) is 9.29 Å². The second-order valence-electron chi connectivity index (χ2n) is 3.71. The second kappa shape index (κ2) is 5.24. The maximum atomic E-state index is 12.1. The molecule has 0 amide bonds. The van der Waals surface area contributed by atoms with E-state index in [0.29, 0.717) is 0 Å². The van der Waals surface area contributed by atoms with Gasteiger partial charge >= 0.3 is 5.97 Å². The number of nitrogens with zero attached hydrogens (tertiary/aromatic N) is 2. The molecule has 1 rings (SSSR count). The first-order valence-electron chi connectivity index (χ1n) is 5.00. The van der Waals surface area contributed by atoms with E-state index in [1.807, 2.05) is 0 Å². The van der Waals surface area contributed by atoms with E-state index in [-0.39, 0.29) is 5.03 Å². The maximum absolute atomic E-state index is 12.1. The van der Waals surface area contributed by atoms with E-state index in [1.165, 1.54) is 12.3 Å². The van der Waals surface area contributed by atoms with Crippen molar-refractivity contribution in [3.05, 3.63) is 24.4 Å². The molecule has 0 bridgehead atoms. The zero-order chi connectivity index (χ0) is 13.1. The van der Waals surface area contributed by atoms with Crippen LogP contribution >= 0.6 is 0 Å². The number of aliphatic carboxylic acids is 1. The van der Waals surface area contributed by atoms with Gasteiger partial charge in [0.2, 0.25) is 0 Å². The monoisotopic (exact) mass is 258 g/mol. The second-order valence-corrected chi connectivity index (χ2v) is 5.54. The van der Waals surface area contributed by atoms with Gasteiger partial charge in [0.15, 0.2) is 5.03 Å². The molecule has 1 heterocycles. The molecular weight excluding hydrogens is 244 g/mol. The van der Waals surface area contributed by atoms with Crippen LogP contribution in [0.3, 0.4) is 0 Å². The topological polar surface area (TPSA) is 87.6 Å². The van der Waals surface area contributed by atoms with Gasteiger partial charge in [-0.15, -0.1) is 0 Å². The summed E-state index contributed by atoms with van der Waals surface area (Å²) in [5, 5.41) is 8.57. The number of rotatable bonds is 5. The van der Waals surface area contributed by atoms with Gasteiger partial charge < -0.3 is 5.11 Å². The first kappa shape index (κ1) is 13.6. The Hall–Kier alpha value is -1.47. The average molecular weight is 258 g/mol. The molecule has 0 fully saturated rings. The number of carbonyl (C=O) groups is 1. The highest BCUT2D eigenvalue weighted by Gasteiger charge is 2.29. The predicted octanol–water partition coefficient (Wildman–Crippen LogP) is 0.565. The highest BCUT2D eigenvalue weighted by Crippen LogP contribution is 2.15. The lowest BCUT2D eigenvalue weighted by Crippen LogP contribution is -2.40. The number of sulfonamides is 1. The number of hydrogen-bond acceptors (Lipinski definition) is 4. The third-order valence-electron chi connectivity index (χ3n) is 2.08. The summed E-state index contributed by atoms with van der Waals surface area (Å²) in [6.07, 6.45) is 1.35. The fourth-order valence-corrected chi connectivity index (χ4v) is 2.82. The number of pyridine rings is 1. The molecule has 0 unspecified atom stereocenters. The van der Waals surface area contributed by atoms with E-state index in [0.717, 1.165) is 4.31 Å². The summed E-state index contributed by atoms with van der Waals surface area (Å²) in [5.74, 6) is -1.20. The molecule has 0 saturated carbocycles. The zero-order valence-corrected chi connectivity index (χ0v) is 10.4. The molecule has 0 spiro atoms. The molecular formula is C10H14N2O4S. The van der Waals surface area contributed by atoms with Crippen molar-refractivity contribution in [2.75, 3.05) is 6.54 Å². The number of aromatic nitrogens is 1. The minimum absolute atomic E-state index is 0.144.